The molecule has 0 aliphatic heterocycles. The summed E-state index contributed by atoms with van der Waals surface area (Å²) < 4.78 is 2.13. The monoisotopic (exact) mass is 244 g/mol. The van der Waals surface area contributed by atoms with Gasteiger partial charge in [-0.05, 0) is 37.4 Å². The van der Waals surface area contributed by atoms with Crippen molar-refractivity contribution in [2.24, 2.45) is 12.0 Å². The summed E-state index contributed by atoms with van der Waals surface area (Å²) in [5.41, 5.74) is 3.39. The predicted molar refractivity (Wildman–Crippen MR) is 75.6 cm³/mol. The average Bonchev–Trinajstić information content (AvgIpc) is 2.68. The summed E-state index contributed by atoms with van der Waals surface area (Å²) in [6.07, 6.45) is 3.99. The highest BCUT2D eigenvalue weighted by Crippen LogP contribution is 2.27. The number of rotatable bonds is 3. The molecule has 2 aromatic rings. The molecular weight excluding hydrogens is 228 g/mol. The molecule has 0 fully saturated rings. The number of nitrogens with zero attached hydrogens (tertiary/aromatic N) is 2. The first kappa shape index (κ1) is 12.0. The first-order valence-corrected chi connectivity index (χ1v) is 6.74. The summed E-state index contributed by atoms with van der Waals surface area (Å²) in [6.45, 7) is 2.09. The first-order valence-electron chi connectivity index (χ1n) is 5.52. The number of thioether (sulfide) groups is 1. The molecule has 1 aromatic carbocycles. The minimum atomic E-state index is 1.03. The summed E-state index contributed by atoms with van der Waals surface area (Å²) in [4.78, 5) is 5.76. The lowest BCUT2D eigenvalue weighted by Gasteiger charge is -2.02. The lowest BCUT2D eigenvalue weighted by molar-refractivity contribution is 0.874. The van der Waals surface area contributed by atoms with Crippen molar-refractivity contribution in [2.45, 2.75) is 11.8 Å². The van der Waals surface area contributed by atoms with Crippen molar-refractivity contribution in [3.05, 3.63) is 47.8 Å². The molecule has 3 heteroatoms. The van der Waals surface area contributed by atoms with Crippen LogP contribution in [0.4, 0.5) is 5.69 Å². The molecule has 0 N–H and O–H groups in total. The number of aromatic nitrogens is 1. The Labute approximate surface area is 106 Å². The van der Waals surface area contributed by atoms with Crippen LogP contribution in [0.5, 0.6) is 0 Å². The van der Waals surface area contributed by atoms with Gasteiger partial charge in [-0.2, -0.15) is 0 Å². The standard InChI is InChI=1S/C14H16N2S/c1-11-8-9-12(16(11)2)10-15-13-6-4-5-7-14(13)17-3/h4-10H,1-3H3. The number of benzene rings is 1. The van der Waals surface area contributed by atoms with E-state index in [0.29, 0.717) is 0 Å². The Bertz CT molecular complexity index is 541. The SMILES string of the molecule is CSc1ccccc1N=Cc1ccc(C)n1C. The summed E-state index contributed by atoms with van der Waals surface area (Å²) in [5.74, 6) is 0. The van der Waals surface area contributed by atoms with E-state index in [9.17, 15) is 0 Å². The molecule has 2 rings (SSSR count). The Kier molecular flexibility index (Phi) is 3.69. The van der Waals surface area contributed by atoms with Gasteiger partial charge in [0.1, 0.15) is 0 Å². The van der Waals surface area contributed by atoms with E-state index < -0.39 is 0 Å². The van der Waals surface area contributed by atoms with Crippen molar-refractivity contribution in [2.75, 3.05) is 6.26 Å². The van der Waals surface area contributed by atoms with E-state index in [1.165, 1.54) is 10.6 Å². The molecule has 0 aliphatic rings. The van der Waals surface area contributed by atoms with E-state index in [-0.39, 0.29) is 0 Å². The highest BCUT2D eigenvalue weighted by Gasteiger charge is 1.99. The molecule has 0 amide bonds. The van der Waals surface area contributed by atoms with Crippen molar-refractivity contribution in [1.29, 1.82) is 0 Å². The van der Waals surface area contributed by atoms with Crippen molar-refractivity contribution < 1.29 is 0 Å². The van der Waals surface area contributed by atoms with Crippen LogP contribution in [0.2, 0.25) is 0 Å². The normalized spacial score (nSPS) is 11.2. The van der Waals surface area contributed by atoms with Crippen LogP contribution in [0, 0.1) is 6.92 Å². The molecule has 1 aromatic heterocycles. The maximum atomic E-state index is 4.55. The zero-order chi connectivity index (χ0) is 12.3. The summed E-state index contributed by atoms with van der Waals surface area (Å²) in [5, 5.41) is 0. The molecule has 0 bridgehead atoms. The maximum absolute atomic E-state index is 4.55. The molecule has 88 valence electrons. The van der Waals surface area contributed by atoms with Crippen LogP contribution in [0.15, 0.2) is 46.3 Å². The number of aliphatic imine (C=N–C) groups is 1. The Balaban J connectivity index is 2.29. The van der Waals surface area contributed by atoms with Gasteiger partial charge in [-0.25, -0.2) is 0 Å². The number of hydrogen-bond donors (Lipinski definition) is 0. The van der Waals surface area contributed by atoms with Crippen molar-refractivity contribution >= 4 is 23.7 Å². The summed E-state index contributed by atoms with van der Waals surface area (Å²) in [6, 6.07) is 12.4. The van der Waals surface area contributed by atoms with Crippen LogP contribution >= 0.6 is 11.8 Å². The molecule has 2 nitrogen and oxygen atoms in total. The number of aryl methyl sites for hydroxylation is 1. The summed E-state index contributed by atoms with van der Waals surface area (Å²) >= 11 is 1.72. The van der Waals surface area contributed by atoms with Crippen molar-refractivity contribution in [3.8, 4) is 0 Å². The third-order valence-corrected chi connectivity index (χ3v) is 3.62. The lowest BCUT2D eigenvalue weighted by Crippen LogP contribution is -1.96. The number of hydrogen-bond acceptors (Lipinski definition) is 2. The molecule has 0 atom stereocenters. The Morgan fingerprint density at radius 2 is 1.94 bits per heavy atom. The molecule has 17 heavy (non-hydrogen) atoms. The third kappa shape index (κ3) is 2.61. The number of para-hydroxylation sites is 1. The maximum Gasteiger partial charge on any atom is 0.0766 e. The van der Waals surface area contributed by atoms with Gasteiger partial charge in [0, 0.05) is 17.6 Å². The van der Waals surface area contributed by atoms with E-state index in [1.54, 1.807) is 11.8 Å². The largest absolute Gasteiger partial charge is 0.347 e. The van der Waals surface area contributed by atoms with Gasteiger partial charge in [0.15, 0.2) is 0 Å². The predicted octanol–water partition coefficient (Wildman–Crippen LogP) is 3.81. The molecule has 0 unspecified atom stereocenters. The molecule has 0 saturated carbocycles. The van der Waals surface area contributed by atoms with Crippen LogP contribution in [0.25, 0.3) is 0 Å². The molecule has 0 radical (unpaired) electrons. The topological polar surface area (TPSA) is 17.3 Å². The fourth-order valence-corrected chi connectivity index (χ4v) is 2.18. The quantitative estimate of drug-likeness (QED) is 0.593. The van der Waals surface area contributed by atoms with Gasteiger partial charge in [0.2, 0.25) is 0 Å². The van der Waals surface area contributed by atoms with Crippen molar-refractivity contribution in [1.82, 2.24) is 4.57 Å². The second-order valence-electron chi connectivity index (χ2n) is 3.89. The first-order chi connectivity index (χ1) is 8.22. The van der Waals surface area contributed by atoms with Crippen LogP contribution in [-0.4, -0.2) is 17.0 Å². The zero-order valence-corrected chi connectivity index (χ0v) is 11.2. The van der Waals surface area contributed by atoms with E-state index in [1.807, 2.05) is 24.4 Å². The van der Waals surface area contributed by atoms with Gasteiger partial charge in [0.05, 0.1) is 17.6 Å². The van der Waals surface area contributed by atoms with Crippen LogP contribution in [0.3, 0.4) is 0 Å². The van der Waals surface area contributed by atoms with Crippen LogP contribution in [-0.2, 0) is 7.05 Å². The highest BCUT2D eigenvalue weighted by molar-refractivity contribution is 7.98. The van der Waals surface area contributed by atoms with Crippen molar-refractivity contribution in [3.63, 3.8) is 0 Å². The van der Waals surface area contributed by atoms with Gasteiger partial charge in [0.25, 0.3) is 0 Å². The Morgan fingerprint density at radius 1 is 1.18 bits per heavy atom. The third-order valence-electron chi connectivity index (χ3n) is 2.83. The molecular formula is C14H16N2S. The lowest BCUT2D eigenvalue weighted by atomic mass is 10.3. The fourth-order valence-electron chi connectivity index (χ4n) is 1.63. The van der Waals surface area contributed by atoms with Gasteiger partial charge in [-0.3, -0.25) is 4.99 Å². The Hall–Kier alpha value is -1.48. The molecule has 0 saturated heterocycles. The second-order valence-corrected chi connectivity index (χ2v) is 4.74. The summed E-state index contributed by atoms with van der Waals surface area (Å²) in [7, 11) is 2.05. The molecule has 0 aliphatic carbocycles. The van der Waals surface area contributed by atoms with E-state index >= 15 is 0 Å². The smallest absolute Gasteiger partial charge is 0.0766 e. The average molecular weight is 244 g/mol. The highest BCUT2D eigenvalue weighted by atomic mass is 32.2. The van der Waals surface area contributed by atoms with Gasteiger partial charge < -0.3 is 4.57 Å². The van der Waals surface area contributed by atoms with Crippen LogP contribution in [0.1, 0.15) is 11.4 Å². The van der Waals surface area contributed by atoms with Crippen LogP contribution < -0.4 is 0 Å². The van der Waals surface area contributed by atoms with Gasteiger partial charge >= 0.3 is 0 Å². The van der Waals surface area contributed by atoms with Gasteiger partial charge in [-0.15, -0.1) is 11.8 Å². The van der Waals surface area contributed by atoms with Gasteiger partial charge in [-0.1, -0.05) is 12.1 Å². The molecule has 1 heterocycles. The van der Waals surface area contributed by atoms with E-state index in [4.69, 9.17) is 0 Å². The molecule has 0 spiro atoms. The fraction of sp³-hybridized carbons (Fsp3) is 0.214. The van der Waals surface area contributed by atoms with E-state index in [0.717, 1.165) is 11.4 Å². The Morgan fingerprint density at radius 3 is 2.59 bits per heavy atom. The zero-order valence-electron chi connectivity index (χ0n) is 10.3. The second kappa shape index (κ2) is 5.23. The van der Waals surface area contributed by atoms with E-state index in [2.05, 4.69) is 48.0 Å². The minimum Gasteiger partial charge on any atom is -0.347 e. The minimum absolute atomic E-state index is 1.03.